The number of fused-ring (bicyclic) bond motifs is 1. The van der Waals surface area contributed by atoms with Crippen molar-refractivity contribution in [3.63, 3.8) is 0 Å². The molecule has 1 aromatic carbocycles. The van der Waals surface area contributed by atoms with Gasteiger partial charge in [-0.25, -0.2) is 0 Å². The molecule has 0 aromatic heterocycles. The van der Waals surface area contributed by atoms with Crippen LogP contribution in [-0.4, -0.2) is 54.9 Å². The van der Waals surface area contributed by atoms with Crippen LogP contribution in [0.15, 0.2) is 18.2 Å². The zero-order valence-electron chi connectivity index (χ0n) is 15.9. The fourth-order valence-corrected chi connectivity index (χ4v) is 4.42. The standard InChI is InChI=1S/C20H30N2O4/c1-4-26-19-6-5-14(7-20(19)25-3)10-22-11-15-8-17(21-13(2)23)18(24)9-16(15)12-22/h5-7,15-18,24H,4,8-12H2,1-3H3,(H,21,23)/t15-,16+,17-,18-/m1/s1. The lowest BCUT2D eigenvalue weighted by molar-refractivity contribution is -0.121. The number of aliphatic hydroxyl groups excluding tert-OH is 1. The summed E-state index contributed by atoms with van der Waals surface area (Å²) in [7, 11) is 1.66. The third-order valence-corrected chi connectivity index (χ3v) is 5.54. The Balaban J connectivity index is 1.62. The normalized spacial score (nSPS) is 28.5. The lowest BCUT2D eigenvalue weighted by atomic mass is 9.77. The van der Waals surface area contributed by atoms with Crippen molar-refractivity contribution in [2.24, 2.45) is 11.8 Å². The number of nitrogens with zero attached hydrogens (tertiary/aromatic N) is 1. The predicted molar refractivity (Wildman–Crippen MR) is 99.3 cm³/mol. The topological polar surface area (TPSA) is 71.0 Å². The molecule has 2 N–H and O–H groups in total. The maximum absolute atomic E-state index is 11.3. The van der Waals surface area contributed by atoms with E-state index >= 15 is 0 Å². The highest BCUT2D eigenvalue weighted by Gasteiger charge is 2.41. The van der Waals surface area contributed by atoms with Gasteiger partial charge in [-0.2, -0.15) is 0 Å². The summed E-state index contributed by atoms with van der Waals surface area (Å²) in [5, 5.41) is 13.2. The van der Waals surface area contributed by atoms with E-state index in [2.05, 4.69) is 16.3 Å². The van der Waals surface area contributed by atoms with E-state index in [1.54, 1.807) is 7.11 Å². The van der Waals surface area contributed by atoms with Gasteiger partial charge in [-0.15, -0.1) is 0 Å². The number of carbonyl (C=O) groups excluding carboxylic acids is 1. The first-order chi connectivity index (χ1) is 12.5. The van der Waals surface area contributed by atoms with E-state index in [9.17, 15) is 9.90 Å². The van der Waals surface area contributed by atoms with Crippen molar-refractivity contribution in [1.82, 2.24) is 10.2 Å². The number of hydrogen-bond acceptors (Lipinski definition) is 5. The first-order valence-corrected chi connectivity index (χ1v) is 9.47. The van der Waals surface area contributed by atoms with E-state index in [4.69, 9.17) is 9.47 Å². The van der Waals surface area contributed by atoms with Gasteiger partial charge < -0.3 is 19.9 Å². The van der Waals surface area contributed by atoms with E-state index in [1.807, 2.05) is 19.1 Å². The van der Waals surface area contributed by atoms with Crippen molar-refractivity contribution >= 4 is 5.91 Å². The molecule has 1 saturated heterocycles. The molecule has 144 valence electrons. The summed E-state index contributed by atoms with van der Waals surface area (Å²) in [5.74, 6) is 2.50. The average Bonchev–Trinajstić information content (AvgIpc) is 2.97. The molecule has 6 nitrogen and oxygen atoms in total. The minimum Gasteiger partial charge on any atom is -0.493 e. The van der Waals surface area contributed by atoms with Crippen LogP contribution in [0, 0.1) is 11.8 Å². The number of likely N-dealkylation sites (tertiary alicyclic amines) is 1. The zero-order chi connectivity index (χ0) is 18.7. The molecule has 1 aromatic rings. The molecule has 2 aliphatic rings. The minimum absolute atomic E-state index is 0.0659. The lowest BCUT2D eigenvalue weighted by Gasteiger charge is -2.35. The second-order valence-corrected chi connectivity index (χ2v) is 7.48. The van der Waals surface area contributed by atoms with E-state index in [0.717, 1.165) is 44.0 Å². The summed E-state index contributed by atoms with van der Waals surface area (Å²) in [6.45, 7) is 6.94. The van der Waals surface area contributed by atoms with Gasteiger partial charge in [0.15, 0.2) is 11.5 Å². The Morgan fingerprint density at radius 2 is 2.00 bits per heavy atom. The molecule has 1 amide bonds. The Morgan fingerprint density at radius 1 is 1.27 bits per heavy atom. The fraction of sp³-hybridized carbons (Fsp3) is 0.650. The first kappa shape index (κ1) is 19.0. The molecule has 1 aliphatic carbocycles. The molecule has 26 heavy (non-hydrogen) atoms. The summed E-state index contributed by atoms with van der Waals surface area (Å²) in [6.07, 6.45) is 1.18. The van der Waals surface area contributed by atoms with Gasteiger partial charge in [0.05, 0.1) is 25.9 Å². The Bertz CT molecular complexity index is 636. The number of amides is 1. The van der Waals surface area contributed by atoms with Crippen molar-refractivity contribution in [2.75, 3.05) is 26.8 Å². The lowest BCUT2D eigenvalue weighted by Crippen LogP contribution is -2.48. The van der Waals surface area contributed by atoms with Gasteiger partial charge in [-0.3, -0.25) is 9.69 Å². The quantitative estimate of drug-likeness (QED) is 0.808. The van der Waals surface area contributed by atoms with Gasteiger partial charge in [0, 0.05) is 26.6 Å². The number of aliphatic hydroxyl groups is 1. The van der Waals surface area contributed by atoms with Crippen LogP contribution in [0.4, 0.5) is 0 Å². The molecule has 0 spiro atoms. The van der Waals surface area contributed by atoms with Crippen LogP contribution in [0.25, 0.3) is 0 Å². The second kappa shape index (κ2) is 8.27. The number of rotatable bonds is 6. The monoisotopic (exact) mass is 362 g/mol. The van der Waals surface area contributed by atoms with Crippen molar-refractivity contribution in [1.29, 1.82) is 0 Å². The van der Waals surface area contributed by atoms with Gasteiger partial charge >= 0.3 is 0 Å². The van der Waals surface area contributed by atoms with Crippen molar-refractivity contribution < 1.29 is 19.4 Å². The van der Waals surface area contributed by atoms with Crippen LogP contribution in [0.1, 0.15) is 32.3 Å². The number of methoxy groups -OCH3 is 1. The molecule has 1 heterocycles. The molecule has 6 heteroatoms. The zero-order valence-corrected chi connectivity index (χ0v) is 15.9. The predicted octanol–water partition coefficient (Wildman–Crippen LogP) is 1.80. The van der Waals surface area contributed by atoms with E-state index in [-0.39, 0.29) is 11.9 Å². The van der Waals surface area contributed by atoms with Gasteiger partial charge in [-0.1, -0.05) is 6.07 Å². The number of hydrogen-bond donors (Lipinski definition) is 2. The number of carbonyl (C=O) groups is 1. The van der Waals surface area contributed by atoms with E-state index in [0.29, 0.717) is 18.4 Å². The highest BCUT2D eigenvalue weighted by Crippen LogP contribution is 2.37. The summed E-state index contributed by atoms with van der Waals surface area (Å²) in [6, 6.07) is 5.99. The molecule has 3 rings (SSSR count). The molecular formula is C20H30N2O4. The van der Waals surface area contributed by atoms with Crippen LogP contribution >= 0.6 is 0 Å². The van der Waals surface area contributed by atoms with Crippen LogP contribution in [0.2, 0.25) is 0 Å². The molecule has 4 atom stereocenters. The Morgan fingerprint density at radius 3 is 2.65 bits per heavy atom. The van der Waals surface area contributed by atoms with Gasteiger partial charge in [-0.05, 0) is 49.3 Å². The largest absolute Gasteiger partial charge is 0.493 e. The highest BCUT2D eigenvalue weighted by atomic mass is 16.5. The third kappa shape index (κ3) is 4.30. The van der Waals surface area contributed by atoms with Crippen molar-refractivity contribution in [2.45, 2.75) is 45.4 Å². The SMILES string of the molecule is CCOc1ccc(CN2C[C@H]3C[C@@H](NC(C)=O)[C@H](O)C[C@H]3C2)cc1OC. The van der Waals surface area contributed by atoms with Crippen molar-refractivity contribution in [3.8, 4) is 11.5 Å². The van der Waals surface area contributed by atoms with E-state index in [1.165, 1.54) is 12.5 Å². The number of benzene rings is 1. The Kier molecular flexibility index (Phi) is 6.04. The molecular weight excluding hydrogens is 332 g/mol. The number of nitrogens with one attached hydrogen (secondary N) is 1. The maximum atomic E-state index is 11.3. The minimum atomic E-state index is -0.439. The smallest absolute Gasteiger partial charge is 0.217 e. The Labute approximate surface area is 155 Å². The fourth-order valence-electron chi connectivity index (χ4n) is 4.42. The van der Waals surface area contributed by atoms with Crippen LogP contribution in [0.5, 0.6) is 11.5 Å². The van der Waals surface area contributed by atoms with Crippen LogP contribution < -0.4 is 14.8 Å². The van der Waals surface area contributed by atoms with Crippen molar-refractivity contribution in [3.05, 3.63) is 23.8 Å². The van der Waals surface area contributed by atoms with E-state index < -0.39 is 6.10 Å². The van der Waals surface area contributed by atoms with Crippen LogP contribution in [0.3, 0.4) is 0 Å². The molecule has 1 saturated carbocycles. The molecule has 1 aliphatic heterocycles. The molecule has 0 radical (unpaired) electrons. The third-order valence-electron chi connectivity index (χ3n) is 5.54. The van der Waals surface area contributed by atoms with Crippen LogP contribution in [-0.2, 0) is 11.3 Å². The second-order valence-electron chi connectivity index (χ2n) is 7.48. The number of ether oxygens (including phenoxy) is 2. The molecule has 0 unspecified atom stereocenters. The maximum Gasteiger partial charge on any atom is 0.217 e. The average molecular weight is 362 g/mol. The van der Waals surface area contributed by atoms with Gasteiger partial charge in [0.2, 0.25) is 5.91 Å². The summed E-state index contributed by atoms with van der Waals surface area (Å²) >= 11 is 0. The van der Waals surface area contributed by atoms with Gasteiger partial charge in [0.1, 0.15) is 0 Å². The molecule has 0 bridgehead atoms. The molecule has 2 fully saturated rings. The summed E-state index contributed by atoms with van der Waals surface area (Å²) < 4.78 is 11.0. The Hall–Kier alpha value is -1.79. The summed E-state index contributed by atoms with van der Waals surface area (Å²) in [5.41, 5.74) is 1.20. The first-order valence-electron chi connectivity index (χ1n) is 9.47. The summed E-state index contributed by atoms with van der Waals surface area (Å²) in [4.78, 5) is 13.8. The van der Waals surface area contributed by atoms with Gasteiger partial charge in [0.25, 0.3) is 0 Å². The highest BCUT2D eigenvalue weighted by molar-refractivity contribution is 5.73.